The van der Waals surface area contributed by atoms with Crippen LogP contribution >= 0.6 is 0 Å². The number of hydrogen-bond donors (Lipinski definition) is 0. The van der Waals surface area contributed by atoms with E-state index in [9.17, 15) is 4.79 Å². The first-order valence-corrected chi connectivity index (χ1v) is 6.02. The molecule has 0 N–H and O–H groups in total. The van der Waals surface area contributed by atoms with Crippen molar-refractivity contribution in [1.29, 1.82) is 0 Å². The molecule has 5 nitrogen and oxygen atoms in total. The van der Waals surface area contributed by atoms with Gasteiger partial charge in [0, 0.05) is 13.1 Å². The molecule has 17 heavy (non-hydrogen) atoms. The third-order valence-corrected chi connectivity index (χ3v) is 2.36. The third-order valence-electron chi connectivity index (χ3n) is 2.36. The number of carbonyl (C=O) groups excluding carboxylic acids is 1. The summed E-state index contributed by atoms with van der Waals surface area (Å²) < 4.78 is 11.0. The Morgan fingerprint density at radius 2 is 2.12 bits per heavy atom. The average molecular weight is 244 g/mol. The van der Waals surface area contributed by atoms with Crippen molar-refractivity contribution in [3.05, 3.63) is 0 Å². The minimum absolute atomic E-state index is 0.0752. The van der Waals surface area contributed by atoms with Crippen LogP contribution in [0.3, 0.4) is 0 Å². The van der Waals surface area contributed by atoms with Crippen molar-refractivity contribution in [3.63, 3.8) is 0 Å². The number of nitrogens with zero attached hydrogens (tertiary/aromatic N) is 2. The molecule has 0 aromatic rings. The summed E-state index contributed by atoms with van der Waals surface area (Å²) in [6.07, 6.45) is -0.171. The van der Waals surface area contributed by atoms with Gasteiger partial charge in [-0.25, -0.2) is 4.79 Å². The van der Waals surface area contributed by atoms with Crippen LogP contribution in [0.15, 0.2) is 0 Å². The third kappa shape index (κ3) is 5.37. The first-order chi connectivity index (χ1) is 7.78. The highest BCUT2D eigenvalue weighted by Crippen LogP contribution is 2.13. The minimum Gasteiger partial charge on any atom is -0.444 e. The van der Waals surface area contributed by atoms with E-state index < -0.39 is 5.60 Å². The van der Waals surface area contributed by atoms with Crippen molar-refractivity contribution >= 4 is 6.09 Å². The molecule has 1 atom stereocenters. The van der Waals surface area contributed by atoms with Gasteiger partial charge in [0.25, 0.3) is 0 Å². The highest BCUT2D eigenvalue weighted by molar-refractivity contribution is 5.68. The largest absolute Gasteiger partial charge is 0.444 e. The molecule has 0 saturated carbocycles. The molecule has 1 amide bonds. The molecule has 1 aliphatic heterocycles. The number of rotatable bonds is 2. The molecule has 0 bridgehead atoms. The van der Waals surface area contributed by atoms with Crippen molar-refractivity contribution < 1.29 is 14.3 Å². The van der Waals surface area contributed by atoms with Gasteiger partial charge in [-0.05, 0) is 34.9 Å². The summed E-state index contributed by atoms with van der Waals surface area (Å²) in [6, 6.07) is 0. The van der Waals surface area contributed by atoms with E-state index in [-0.39, 0.29) is 12.2 Å². The van der Waals surface area contributed by atoms with Gasteiger partial charge in [-0.1, -0.05) is 0 Å². The molecule has 5 heteroatoms. The van der Waals surface area contributed by atoms with Crippen molar-refractivity contribution in [3.8, 4) is 0 Å². The van der Waals surface area contributed by atoms with Crippen molar-refractivity contribution in [2.75, 3.05) is 40.3 Å². The summed E-state index contributed by atoms with van der Waals surface area (Å²) in [6.45, 7) is 8.25. The van der Waals surface area contributed by atoms with Crippen LogP contribution in [0, 0.1) is 0 Å². The lowest BCUT2D eigenvalue weighted by atomic mass is 10.2. The van der Waals surface area contributed by atoms with Gasteiger partial charge in [0.15, 0.2) is 0 Å². The van der Waals surface area contributed by atoms with E-state index in [1.165, 1.54) is 0 Å². The van der Waals surface area contributed by atoms with E-state index in [2.05, 4.69) is 4.90 Å². The summed E-state index contributed by atoms with van der Waals surface area (Å²) in [4.78, 5) is 15.7. The predicted octanol–water partition coefficient (Wildman–Crippen LogP) is 1.18. The molecule has 0 unspecified atom stereocenters. The Morgan fingerprint density at radius 3 is 2.65 bits per heavy atom. The van der Waals surface area contributed by atoms with Gasteiger partial charge in [-0.2, -0.15) is 0 Å². The molecule has 0 aliphatic carbocycles. The van der Waals surface area contributed by atoms with Gasteiger partial charge in [0.2, 0.25) is 0 Å². The van der Waals surface area contributed by atoms with Crippen LogP contribution in [-0.2, 0) is 9.47 Å². The second-order valence-corrected chi connectivity index (χ2v) is 5.68. The highest BCUT2D eigenvalue weighted by atomic mass is 16.6. The molecule has 0 aromatic carbocycles. The minimum atomic E-state index is -0.438. The standard InChI is InChI=1S/C12H24N2O3/c1-12(2,3)17-11(15)14-6-7-16-10(9-14)8-13(4)5/h10H,6-9H2,1-5H3/t10-/m1/s1. The summed E-state index contributed by atoms with van der Waals surface area (Å²) in [7, 11) is 3.99. The normalized spacial score (nSPS) is 21.8. The van der Waals surface area contributed by atoms with Gasteiger partial charge < -0.3 is 19.3 Å². The number of likely N-dealkylation sites (N-methyl/N-ethyl adjacent to an activating group) is 1. The maximum Gasteiger partial charge on any atom is 0.410 e. The van der Waals surface area contributed by atoms with Crippen LogP contribution in [-0.4, -0.2) is 67.9 Å². The Balaban J connectivity index is 2.46. The molecule has 0 radical (unpaired) electrons. The van der Waals surface area contributed by atoms with Gasteiger partial charge in [0.1, 0.15) is 5.60 Å². The highest BCUT2D eigenvalue weighted by Gasteiger charge is 2.28. The van der Waals surface area contributed by atoms with Gasteiger partial charge in [-0.15, -0.1) is 0 Å². The SMILES string of the molecule is CN(C)C[C@@H]1CN(C(=O)OC(C)(C)C)CCO1. The number of carbonyl (C=O) groups is 1. The monoisotopic (exact) mass is 244 g/mol. The number of amides is 1. The smallest absolute Gasteiger partial charge is 0.410 e. The quantitative estimate of drug-likeness (QED) is 0.731. The van der Waals surface area contributed by atoms with E-state index in [1.807, 2.05) is 34.9 Å². The Labute approximate surface area is 104 Å². The summed E-state index contributed by atoms with van der Waals surface area (Å²) in [5.74, 6) is 0. The van der Waals surface area contributed by atoms with E-state index in [0.717, 1.165) is 6.54 Å². The predicted molar refractivity (Wildman–Crippen MR) is 66.1 cm³/mol. The maximum absolute atomic E-state index is 11.9. The Hall–Kier alpha value is -0.810. The summed E-state index contributed by atoms with van der Waals surface area (Å²) >= 11 is 0. The van der Waals surface area contributed by atoms with Crippen LogP contribution in [0.5, 0.6) is 0 Å². The number of hydrogen-bond acceptors (Lipinski definition) is 4. The van der Waals surface area contributed by atoms with E-state index in [4.69, 9.17) is 9.47 Å². The van der Waals surface area contributed by atoms with Crippen LogP contribution < -0.4 is 0 Å². The van der Waals surface area contributed by atoms with Crippen molar-refractivity contribution in [2.45, 2.75) is 32.5 Å². The second-order valence-electron chi connectivity index (χ2n) is 5.68. The molecule has 0 aromatic heterocycles. The van der Waals surface area contributed by atoms with Crippen LogP contribution in [0.4, 0.5) is 4.79 Å². The lowest BCUT2D eigenvalue weighted by Crippen LogP contribution is -2.50. The summed E-state index contributed by atoms with van der Waals surface area (Å²) in [5, 5.41) is 0. The Bertz CT molecular complexity index is 261. The second kappa shape index (κ2) is 5.69. The lowest BCUT2D eigenvalue weighted by Gasteiger charge is -2.35. The topological polar surface area (TPSA) is 42.0 Å². The molecule has 0 spiro atoms. The van der Waals surface area contributed by atoms with Gasteiger partial charge >= 0.3 is 6.09 Å². The zero-order valence-electron chi connectivity index (χ0n) is 11.5. The zero-order chi connectivity index (χ0) is 13.1. The van der Waals surface area contributed by atoms with Crippen LogP contribution in [0.25, 0.3) is 0 Å². The van der Waals surface area contributed by atoms with Gasteiger partial charge in [-0.3, -0.25) is 0 Å². The molecule has 1 rings (SSSR count). The molecular weight excluding hydrogens is 220 g/mol. The molecule has 1 saturated heterocycles. The molecule has 1 heterocycles. The lowest BCUT2D eigenvalue weighted by molar-refractivity contribution is -0.0485. The van der Waals surface area contributed by atoms with Crippen LogP contribution in [0.1, 0.15) is 20.8 Å². The van der Waals surface area contributed by atoms with Crippen molar-refractivity contribution in [1.82, 2.24) is 9.80 Å². The zero-order valence-corrected chi connectivity index (χ0v) is 11.5. The van der Waals surface area contributed by atoms with Gasteiger partial charge in [0.05, 0.1) is 19.3 Å². The Morgan fingerprint density at radius 1 is 1.47 bits per heavy atom. The Kier molecular flexibility index (Phi) is 4.77. The fourth-order valence-electron chi connectivity index (χ4n) is 1.73. The number of ether oxygens (including phenoxy) is 2. The van der Waals surface area contributed by atoms with Crippen LogP contribution in [0.2, 0.25) is 0 Å². The fourth-order valence-corrected chi connectivity index (χ4v) is 1.73. The first-order valence-electron chi connectivity index (χ1n) is 6.02. The molecule has 100 valence electrons. The maximum atomic E-state index is 11.9. The average Bonchev–Trinajstić information content (AvgIpc) is 2.14. The molecule has 1 fully saturated rings. The molecule has 1 aliphatic rings. The van der Waals surface area contributed by atoms with Crippen molar-refractivity contribution in [2.24, 2.45) is 0 Å². The number of morpholine rings is 1. The van der Waals surface area contributed by atoms with E-state index in [0.29, 0.717) is 19.7 Å². The summed E-state index contributed by atoms with van der Waals surface area (Å²) in [5.41, 5.74) is -0.438. The fraction of sp³-hybridized carbons (Fsp3) is 0.917. The van der Waals surface area contributed by atoms with E-state index in [1.54, 1.807) is 4.90 Å². The molecular formula is C12H24N2O3. The first kappa shape index (κ1) is 14.3. The van der Waals surface area contributed by atoms with E-state index >= 15 is 0 Å².